The molecule has 0 heterocycles. The number of nitrogen functional groups attached to an aromatic ring is 1. The van der Waals surface area contributed by atoms with Crippen molar-refractivity contribution in [2.45, 2.75) is 26.2 Å². The van der Waals surface area contributed by atoms with Crippen LogP contribution in [0.5, 0.6) is 0 Å². The van der Waals surface area contributed by atoms with E-state index in [1.54, 1.807) is 31.2 Å². The zero-order chi connectivity index (χ0) is 20.0. The van der Waals surface area contributed by atoms with Gasteiger partial charge >= 0.3 is 0 Å². The number of ether oxygens (including phenoxy) is 1. The van der Waals surface area contributed by atoms with Gasteiger partial charge in [-0.05, 0) is 18.6 Å². The van der Waals surface area contributed by atoms with E-state index in [9.17, 15) is 13.6 Å². The molecule has 0 aliphatic heterocycles. The number of hydrogen-bond acceptors (Lipinski definition) is 4. The molecule has 152 valence electrons. The van der Waals surface area contributed by atoms with Crippen LogP contribution in [0.15, 0.2) is 36.4 Å². The molecule has 0 fully saturated rings. The second kappa shape index (κ2) is 10.7. The van der Waals surface area contributed by atoms with Crippen molar-refractivity contribution >= 4 is 24.1 Å². The van der Waals surface area contributed by atoms with Crippen LogP contribution < -0.4 is 11.1 Å². The smallest absolute Gasteiger partial charge is 0.254 e. The van der Waals surface area contributed by atoms with Crippen LogP contribution in [0, 0.1) is 17.0 Å². The molecule has 1 atom stereocenters. The molecule has 6 nitrogen and oxygen atoms in total. The van der Waals surface area contributed by atoms with Gasteiger partial charge in [-0.2, -0.15) is 0 Å². The number of benzene rings is 2. The van der Waals surface area contributed by atoms with Crippen molar-refractivity contribution in [3.8, 4) is 0 Å². The molecule has 0 bridgehead atoms. The molecule has 0 aliphatic carbocycles. The minimum atomic E-state index is -1.49. The lowest BCUT2D eigenvalue weighted by atomic mass is 10.0. The first kappa shape index (κ1) is 23.5. The number of rotatable bonds is 8. The van der Waals surface area contributed by atoms with Gasteiger partial charge in [-0.15, -0.1) is 12.4 Å². The molecule has 0 aromatic heterocycles. The van der Waals surface area contributed by atoms with E-state index in [2.05, 4.69) is 5.32 Å². The van der Waals surface area contributed by atoms with Crippen molar-refractivity contribution in [3.63, 3.8) is 0 Å². The van der Waals surface area contributed by atoms with Gasteiger partial charge in [0.1, 0.15) is 17.5 Å². The minimum absolute atomic E-state index is 0. The van der Waals surface area contributed by atoms with Crippen LogP contribution in [-0.2, 0) is 22.7 Å². The van der Waals surface area contributed by atoms with Crippen molar-refractivity contribution in [1.82, 2.24) is 5.32 Å². The summed E-state index contributed by atoms with van der Waals surface area (Å²) in [6.07, 6.45) is -1.49. The Labute approximate surface area is 167 Å². The van der Waals surface area contributed by atoms with Crippen LogP contribution >= 0.6 is 12.4 Å². The molecular weight excluding hydrogens is 392 g/mol. The Morgan fingerprint density at radius 1 is 1.25 bits per heavy atom. The molecule has 0 radical (unpaired) electrons. The molecule has 0 aliphatic rings. The predicted octanol–water partition coefficient (Wildman–Crippen LogP) is 2.56. The van der Waals surface area contributed by atoms with E-state index in [4.69, 9.17) is 21.0 Å². The minimum Gasteiger partial charge on any atom is -0.392 e. The lowest BCUT2D eigenvalue weighted by molar-refractivity contribution is -0.133. The Morgan fingerprint density at radius 2 is 1.89 bits per heavy atom. The van der Waals surface area contributed by atoms with Crippen LogP contribution in [0.1, 0.15) is 35.3 Å². The molecule has 0 spiro atoms. The van der Waals surface area contributed by atoms with Gasteiger partial charge in [0.05, 0.1) is 12.2 Å². The Bertz CT molecular complexity index is 832. The van der Waals surface area contributed by atoms with E-state index in [-0.39, 0.29) is 37.0 Å². The van der Waals surface area contributed by atoms with Gasteiger partial charge < -0.3 is 20.9 Å². The molecule has 2 rings (SSSR count). The fourth-order valence-electron chi connectivity index (χ4n) is 2.52. The molecule has 5 N–H and O–H groups in total. The Balaban J connectivity index is 0.00000392. The van der Waals surface area contributed by atoms with Gasteiger partial charge in [0.25, 0.3) is 5.91 Å². The normalized spacial score (nSPS) is 11.4. The van der Waals surface area contributed by atoms with E-state index < -0.39 is 35.8 Å². The largest absolute Gasteiger partial charge is 0.392 e. The third kappa shape index (κ3) is 5.48. The summed E-state index contributed by atoms with van der Waals surface area (Å²) in [7, 11) is 0. The number of aliphatic hydroxyl groups is 1. The number of halogens is 3. The monoisotopic (exact) mass is 413 g/mol. The fraction of sp³-hybridized carbons (Fsp3) is 0.263. The van der Waals surface area contributed by atoms with E-state index in [1.807, 2.05) is 0 Å². The lowest BCUT2D eigenvalue weighted by Crippen LogP contribution is -2.32. The molecule has 0 saturated carbocycles. The third-order valence-electron chi connectivity index (χ3n) is 3.94. The summed E-state index contributed by atoms with van der Waals surface area (Å²) in [6, 6.07) is 8.73. The van der Waals surface area contributed by atoms with Crippen molar-refractivity contribution in [1.29, 1.82) is 5.41 Å². The SMILES string of the molecule is CCO[C@H](C(=O)NCc1ccc(C(=N)N)cc1)c1c(F)ccc(CO)c1F.Cl. The number of nitrogens with one attached hydrogen (secondary N) is 2. The highest BCUT2D eigenvalue weighted by Gasteiger charge is 2.29. The molecule has 2 aromatic rings. The summed E-state index contributed by atoms with van der Waals surface area (Å²) >= 11 is 0. The van der Waals surface area contributed by atoms with Gasteiger partial charge in [-0.3, -0.25) is 10.2 Å². The van der Waals surface area contributed by atoms with Crippen LogP contribution in [0.3, 0.4) is 0 Å². The second-order valence-corrected chi connectivity index (χ2v) is 5.76. The van der Waals surface area contributed by atoms with Crippen molar-refractivity contribution in [2.24, 2.45) is 5.73 Å². The van der Waals surface area contributed by atoms with E-state index >= 15 is 0 Å². The molecular formula is C19H22ClF2N3O3. The molecule has 1 amide bonds. The Hall–Kier alpha value is -2.55. The number of hydrogen-bond donors (Lipinski definition) is 4. The van der Waals surface area contributed by atoms with Crippen LogP contribution in [0.25, 0.3) is 0 Å². The number of amides is 1. The van der Waals surface area contributed by atoms with Crippen LogP contribution in [0.2, 0.25) is 0 Å². The van der Waals surface area contributed by atoms with Gasteiger partial charge in [0.2, 0.25) is 0 Å². The average Bonchev–Trinajstić information content (AvgIpc) is 2.66. The maximum absolute atomic E-state index is 14.5. The molecule has 2 aromatic carbocycles. The first-order valence-electron chi connectivity index (χ1n) is 8.29. The number of aliphatic hydroxyl groups excluding tert-OH is 1. The third-order valence-corrected chi connectivity index (χ3v) is 3.94. The highest BCUT2D eigenvalue weighted by atomic mass is 35.5. The highest BCUT2D eigenvalue weighted by molar-refractivity contribution is 5.94. The molecule has 0 saturated heterocycles. The van der Waals surface area contributed by atoms with Crippen molar-refractivity contribution in [3.05, 3.63) is 70.3 Å². The quantitative estimate of drug-likeness (QED) is 0.394. The van der Waals surface area contributed by atoms with Gasteiger partial charge in [0.15, 0.2) is 6.10 Å². The van der Waals surface area contributed by atoms with E-state index in [1.165, 1.54) is 0 Å². The van der Waals surface area contributed by atoms with Crippen LogP contribution in [-0.4, -0.2) is 23.5 Å². The summed E-state index contributed by atoms with van der Waals surface area (Å²) in [5.41, 5.74) is 5.99. The summed E-state index contributed by atoms with van der Waals surface area (Å²) in [5, 5.41) is 19.1. The van der Waals surface area contributed by atoms with Gasteiger partial charge in [-0.1, -0.05) is 30.3 Å². The summed E-state index contributed by atoms with van der Waals surface area (Å²) in [6.45, 7) is 1.14. The summed E-state index contributed by atoms with van der Waals surface area (Å²) in [4.78, 5) is 12.5. The van der Waals surface area contributed by atoms with Crippen molar-refractivity contribution in [2.75, 3.05) is 6.61 Å². The molecule has 0 unspecified atom stereocenters. The standard InChI is InChI=1S/C19H21F2N3O3.ClH/c1-2-27-17(15-14(20)8-7-13(10-25)16(15)21)19(26)24-9-11-3-5-12(6-4-11)18(22)23;/h3-8,17,25H,2,9-10H2,1H3,(H3,22,23)(H,24,26);1H/t17-;/m0./s1. The van der Waals surface area contributed by atoms with Crippen molar-refractivity contribution < 1.29 is 23.4 Å². The number of nitrogens with two attached hydrogens (primary N) is 1. The second-order valence-electron chi connectivity index (χ2n) is 5.76. The first-order valence-corrected chi connectivity index (χ1v) is 8.29. The Kier molecular flexibility index (Phi) is 8.98. The van der Waals surface area contributed by atoms with Crippen LogP contribution in [0.4, 0.5) is 8.78 Å². The highest BCUT2D eigenvalue weighted by Crippen LogP contribution is 2.27. The fourth-order valence-corrected chi connectivity index (χ4v) is 2.52. The number of carbonyl (C=O) groups excluding carboxylic acids is 1. The topological polar surface area (TPSA) is 108 Å². The maximum atomic E-state index is 14.5. The van der Waals surface area contributed by atoms with Gasteiger partial charge in [0, 0.05) is 24.3 Å². The maximum Gasteiger partial charge on any atom is 0.254 e. The predicted molar refractivity (Wildman–Crippen MR) is 103 cm³/mol. The zero-order valence-electron chi connectivity index (χ0n) is 15.2. The summed E-state index contributed by atoms with van der Waals surface area (Å²) < 4.78 is 33.9. The number of amidine groups is 1. The summed E-state index contributed by atoms with van der Waals surface area (Å²) in [5.74, 6) is -2.71. The lowest BCUT2D eigenvalue weighted by Gasteiger charge is -2.19. The van der Waals surface area contributed by atoms with E-state index in [0.717, 1.165) is 12.1 Å². The zero-order valence-corrected chi connectivity index (χ0v) is 16.0. The first-order chi connectivity index (χ1) is 12.9. The average molecular weight is 414 g/mol. The number of carbonyl (C=O) groups is 1. The molecule has 28 heavy (non-hydrogen) atoms. The Morgan fingerprint density at radius 3 is 2.43 bits per heavy atom. The van der Waals surface area contributed by atoms with E-state index in [0.29, 0.717) is 11.1 Å². The van der Waals surface area contributed by atoms with Gasteiger partial charge in [-0.25, -0.2) is 8.78 Å². The molecule has 9 heteroatoms.